The summed E-state index contributed by atoms with van der Waals surface area (Å²) in [6.45, 7) is 1.08. The largest absolute Gasteiger partial charge is 0.484 e. The fourth-order valence-electron chi connectivity index (χ4n) is 3.57. The molecule has 1 aliphatic rings. The van der Waals surface area contributed by atoms with E-state index in [-0.39, 0.29) is 25.0 Å². The highest BCUT2D eigenvalue weighted by Gasteiger charge is 2.25. The molecule has 0 saturated carbocycles. The Morgan fingerprint density at radius 1 is 0.658 bits per heavy atom. The molecule has 1 heterocycles. The molecule has 0 bridgehead atoms. The lowest BCUT2D eigenvalue weighted by atomic mass is 10.3. The van der Waals surface area contributed by atoms with Gasteiger partial charge < -0.3 is 19.3 Å². The van der Waals surface area contributed by atoms with E-state index < -0.39 is 20.0 Å². The lowest BCUT2D eigenvalue weighted by Crippen LogP contribution is -2.52. The number of nitrogens with zero attached hydrogens (tertiary/aromatic N) is 4. The number of sulfonamides is 2. The van der Waals surface area contributed by atoms with Crippen LogP contribution in [0.2, 0.25) is 0 Å². The maximum atomic E-state index is 12.5. The number of piperazine rings is 1. The van der Waals surface area contributed by atoms with E-state index in [9.17, 15) is 26.4 Å². The second-order valence-electron chi connectivity index (χ2n) is 8.79. The minimum absolute atomic E-state index is 0.178. The summed E-state index contributed by atoms with van der Waals surface area (Å²) in [6.07, 6.45) is 2.22. The summed E-state index contributed by atoms with van der Waals surface area (Å²) in [6, 6.07) is 12.8. The minimum atomic E-state index is -3.37. The molecule has 0 N–H and O–H groups in total. The van der Waals surface area contributed by atoms with Crippen LogP contribution in [0, 0.1) is 0 Å². The number of carbonyl (C=O) groups is 2. The molecule has 0 atom stereocenters. The molecule has 1 aliphatic heterocycles. The van der Waals surface area contributed by atoms with Crippen LogP contribution < -0.4 is 18.1 Å². The lowest BCUT2D eigenvalue weighted by Gasteiger charge is -2.34. The Morgan fingerprint density at radius 2 is 0.947 bits per heavy atom. The van der Waals surface area contributed by atoms with E-state index in [0.29, 0.717) is 49.1 Å². The normalized spacial score (nSPS) is 14.1. The van der Waals surface area contributed by atoms with Crippen molar-refractivity contribution in [1.82, 2.24) is 9.80 Å². The number of amides is 2. The topological polar surface area (TPSA) is 134 Å². The van der Waals surface area contributed by atoms with Gasteiger partial charge in [-0.25, -0.2) is 16.8 Å². The van der Waals surface area contributed by atoms with Crippen molar-refractivity contribution in [2.75, 3.05) is 74.6 Å². The zero-order chi connectivity index (χ0) is 28.1. The summed E-state index contributed by atoms with van der Waals surface area (Å²) >= 11 is 0. The SMILES string of the molecule is CN(c1ccc(OCC(=O)N2CCN(C(=O)COc3ccc(N(C)S(C)(=O)=O)cc3)CC2)cc1)S(C)(=O)=O. The fraction of sp³-hybridized carbons (Fsp3) is 0.417. The fourth-order valence-corrected chi connectivity index (χ4v) is 4.57. The van der Waals surface area contributed by atoms with Crippen LogP contribution in [0.1, 0.15) is 0 Å². The number of hydrogen-bond acceptors (Lipinski definition) is 8. The van der Waals surface area contributed by atoms with Crippen molar-refractivity contribution >= 4 is 43.2 Å². The Morgan fingerprint density at radius 3 is 1.21 bits per heavy atom. The molecule has 0 spiro atoms. The molecule has 12 nitrogen and oxygen atoms in total. The van der Waals surface area contributed by atoms with Crippen molar-refractivity contribution < 1.29 is 35.9 Å². The van der Waals surface area contributed by atoms with Gasteiger partial charge in [0.2, 0.25) is 20.0 Å². The van der Waals surface area contributed by atoms with Crippen molar-refractivity contribution in [3.63, 3.8) is 0 Å². The highest BCUT2D eigenvalue weighted by molar-refractivity contribution is 7.92. The van der Waals surface area contributed by atoms with Gasteiger partial charge in [-0.15, -0.1) is 0 Å². The molecule has 2 aromatic rings. The summed E-state index contributed by atoms with van der Waals surface area (Å²) in [7, 11) is -3.84. The zero-order valence-corrected chi connectivity index (χ0v) is 23.4. The van der Waals surface area contributed by atoms with E-state index in [1.807, 2.05) is 0 Å². The maximum absolute atomic E-state index is 12.5. The van der Waals surface area contributed by atoms with Crippen LogP contribution in [-0.2, 0) is 29.6 Å². The second kappa shape index (κ2) is 11.9. The van der Waals surface area contributed by atoms with E-state index in [0.717, 1.165) is 21.1 Å². The summed E-state index contributed by atoms with van der Waals surface area (Å²) in [5.41, 5.74) is 0.958. The molecule has 0 radical (unpaired) electrons. The van der Waals surface area contributed by atoms with Crippen molar-refractivity contribution in [3.05, 3.63) is 48.5 Å². The first-order chi connectivity index (χ1) is 17.8. The maximum Gasteiger partial charge on any atom is 0.260 e. The quantitative estimate of drug-likeness (QED) is 0.407. The van der Waals surface area contributed by atoms with Crippen LogP contribution in [0.25, 0.3) is 0 Å². The number of ether oxygens (including phenoxy) is 2. The third-order valence-corrected chi connectivity index (χ3v) is 8.52. The highest BCUT2D eigenvalue weighted by atomic mass is 32.2. The number of anilines is 2. The van der Waals surface area contributed by atoms with Crippen LogP contribution >= 0.6 is 0 Å². The van der Waals surface area contributed by atoms with Gasteiger partial charge in [0.25, 0.3) is 11.8 Å². The molecule has 3 rings (SSSR count). The van der Waals surface area contributed by atoms with Crippen LogP contribution in [0.3, 0.4) is 0 Å². The van der Waals surface area contributed by atoms with Gasteiger partial charge >= 0.3 is 0 Å². The monoisotopic (exact) mass is 568 g/mol. The van der Waals surface area contributed by atoms with Gasteiger partial charge in [-0.3, -0.25) is 18.2 Å². The van der Waals surface area contributed by atoms with Crippen molar-refractivity contribution in [2.24, 2.45) is 0 Å². The summed E-state index contributed by atoms with van der Waals surface area (Å²) in [5, 5.41) is 0. The number of hydrogen-bond donors (Lipinski definition) is 0. The van der Waals surface area contributed by atoms with E-state index >= 15 is 0 Å². The van der Waals surface area contributed by atoms with Gasteiger partial charge in [-0.2, -0.15) is 0 Å². The summed E-state index contributed by atoms with van der Waals surface area (Å²) in [5.74, 6) is 0.437. The van der Waals surface area contributed by atoms with Gasteiger partial charge in [0.05, 0.1) is 23.9 Å². The number of carbonyl (C=O) groups excluding carboxylic acids is 2. The Labute approximate surface area is 223 Å². The Bertz CT molecular complexity index is 1230. The zero-order valence-electron chi connectivity index (χ0n) is 21.7. The van der Waals surface area contributed by atoms with Crippen molar-refractivity contribution in [3.8, 4) is 11.5 Å². The third kappa shape index (κ3) is 7.74. The first-order valence-electron chi connectivity index (χ1n) is 11.6. The molecule has 2 amide bonds. The van der Waals surface area contributed by atoms with Gasteiger partial charge in [0.15, 0.2) is 13.2 Å². The summed E-state index contributed by atoms with van der Waals surface area (Å²) < 4.78 is 59.9. The van der Waals surface area contributed by atoms with E-state index in [1.165, 1.54) is 14.1 Å². The first-order valence-corrected chi connectivity index (χ1v) is 15.3. The van der Waals surface area contributed by atoms with Crippen LogP contribution in [0.5, 0.6) is 11.5 Å². The molecular formula is C24H32N4O8S2. The van der Waals surface area contributed by atoms with E-state index in [2.05, 4.69) is 0 Å². The minimum Gasteiger partial charge on any atom is -0.484 e. The van der Waals surface area contributed by atoms with Crippen LogP contribution in [0.4, 0.5) is 11.4 Å². The molecule has 1 saturated heterocycles. The molecule has 0 unspecified atom stereocenters. The Hall–Kier alpha value is -3.52. The Kier molecular flexibility index (Phi) is 9.09. The molecule has 0 aromatic heterocycles. The van der Waals surface area contributed by atoms with Crippen LogP contribution in [0.15, 0.2) is 48.5 Å². The van der Waals surface area contributed by atoms with Gasteiger partial charge in [-0.05, 0) is 48.5 Å². The van der Waals surface area contributed by atoms with E-state index in [4.69, 9.17) is 9.47 Å². The molecule has 2 aromatic carbocycles. The van der Waals surface area contributed by atoms with Crippen molar-refractivity contribution in [1.29, 1.82) is 0 Å². The van der Waals surface area contributed by atoms with Crippen molar-refractivity contribution in [2.45, 2.75) is 0 Å². The lowest BCUT2D eigenvalue weighted by molar-refractivity contribution is -0.141. The average Bonchev–Trinajstić information content (AvgIpc) is 2.89. The molecule has 0 aliphatic carbocycles. The smallest absolute Gasteiger partial charge is 0.260 e. The number of benzene rings is 2. The number of rotatable bonds is 10. The standard InChI is InChI=1S/C24H32N4O8S2/c1-25(37(3,31)32)19-5-9-21(10-6-19)35-17-23(29)27-13-15-28(16-14-27)24(30)18-36-22-11-7-20(8-12-22)26(2)38(4,33)34/h5-12H,13-18H2,1-4H3. The first kappa shape index (κ1) is 29.0. The second-order valence-corrected chi connectivity index (χ2v) is 12.8. The molecule has 38 heavy (non-hydrogen) atoms. The highest BCUT2D eigenvalue weighted by Crippen LogP contribution is 2.21. The van der Waals surface area contributed by atoms with Gasteiger partial charge in [0.1, 0.15) is 11.5 Å². The molecule has 208 valence electrons. The molecular weight excluding hydrogens is 536 g/mol. The molecule has 1 fully saturated rings. The Balaban J connectivity index is 1.41. The third-order valence-electron chi connectivity index (χ3n) is 6.11. The predicted octanol–water partition coefficient (Wildman–Crippen LogP) is 0.607. The van der Waals surface area contributed by atoms with Gasteiger partial charge in [-0.1, -0.05) is 0 Å². The van der Waals surface area contributed by atoms with E-state index in [1.54, 1.807) is 58.3 Å². The summed E-state index contributed by atoms with van der Waals surface area (Å²) in [4.78, 5) is 28.3. The predicted molar refractivity (Wildman–Crippen MR) is 144 cm³/mol. The van der Waals surface area contributed by atoms with Crippen LogP contribution in [-0.4, -0.2) is 104 Å². The molecule has 14 heteroatoms. The average molecular weight is 569 g/mol. The van der Waals surface area contributed by atoms with Gasteiger partial charge in [0, 0.05) is 40.3 Å².